The highest BCUT2D eigenvalue weighted by atomic mass is 35.5. The number of thiol groups is 1. The molecule has 14 heavy (non-hydrogen) atoms. The van der Waals surface area contributed by atoms with Gasteiger partial charge in [0, 0.05) is 11.3 Å². The van der Waals surface area contributed by atoms with Crippen molar-refractivity contribution in [3.05, 3.63) is 28.0 Å². The zero-order valence-corrected chi connectivity index (χ0v) is 9.47. The first-order valence-corrected chi connectivity index (χ1v) is 5.24. The molecular formula is C8H9Cl2NO2S. The molecule has 0 saturated heterocycles. The molecule has 0 amide bonds. The minimum atomic E-state index is -1.09. The van der Waals surface area contributed by atoms with Gasteiger partial charge in [0.15, 0.2) is 0 Å². The summed E-state index contributed by atoms with van der Waals surface area (Å²) < 4.78 is 0. The van der Waals surface area contributed by atoms with Crippen LogP contribution in [-0.2, 0) is 0 Å². The van der Waals surface area contributed by atoms with Gasteiger partial charge in [-0.2, -0.15) is 12.6 Å². The predicted octanol–water partition coefficient (Wildman–Crippen LogP) is 1.71. The number of rotatable bonds is 3. The molecule has 0 radical (unpaired) electrons. The van der Waals surface area contributed by atoms with E-state index in [0.717, 1.165) is 0 Å². The zero-order valence-electron chi connectivity index (χ0n) is 7.06. The molecule has 0 saturated carbocycles. The van der Waals surface area contributed by atoms with E-state index in [0.29, 0.717) is 5.56 Å². The standard InChI is InChI=1S/C8H9Cl2NO2S/c9-6-2-1-4(8(10)11-6)7(13)5(12)3-14/h1-2,5,7,12-14H,3H2. The van der Waals surface area contributed by atoms with Gasteiger partial charge in [-0.05, 0) is 6.07 Å². The summed E-state index contributed by atoms with van der Waals surface area (Å²) in [6.45, 7) is 0. The summed E-state index contributed by atoms with van der Waals surface area (Å²) in [6, 6.07) is 3.02. The molecule has 0 fully saturated rings. The molecule has 0 aliphatic rings. The Bertz CT molecular complexity index is 324. The summed E-state index contributed by atoms with van der Waals surface area (Å²) in [5, 5.41) is 19.3. The number of aliphatic hydroxyl groups excluding tert-OH is 2. The fraction of sp³-hybridized carbons (Fsp3) is 0.375. The van der Waals surface area contributed by atoms with Gasteiger partial charge in [-0.3, -0.25) is 0 Å². The molecule has 2 N–H and O–H groups in total. The molecule has 1 rings (SSSR count). The van der Waals surface area contributed by atoms with Crippen LogP contribution in [-0.4, -0.2) is 27.1 Å². The van der Waals surface area contributed by atoms with E-state index in [1.807, 2.05) is 0 Å². The van der Waals surface area contributed by atoms with Crippen LogP contribution in [0.15, 0.2) is 12.1 Å². The van der Waals surface area contributed by atoms with E-state index in [9.17, 15) is 10.2 Å². The van der Waals surface area contributed by atoms with Crippen LogP contribution in [0, 0.1) is 0 Å². The van der Waals surface area contributed by atoms with Crippen LogP contribution in [0.25, 0.3) is 0 Å². The normalized spacial score (nSPS) is 15.2. The monoisotopic (exact) mass is 253 g/mol. The summed E-state index contributed by atoms with van der Waals surface area (Å²) in [4.78, 5) is 3.75. The molecule has 3 nitrogen and oxygen atoms in total. The second-order valence-electron chi connectivity index (χ2n) is 2.71. The lowest BCUT2D eigenvalue weighted by atomic mass is 10.1. The second-order valence-corrected chi connectivity index (χ2v) is 3.82. The molecule has 0 bridgehead atoms. The largest absolute Gasteiger partial charge is 0.389 e. The lowest BCUT2D eigenvalue weighted by Gasteiger charge is -2.16. The molecular weight excluding hydrogens is 245 g/mol. The van der Waals surface area contributed by atoms with E-state index < -0.39 is 12.2 Å². The van der Waals surface area contributed by atoms with E-state index in [1.165, 1.54) is 12.1 Å². The molecule has 0 aliphatic carbocycles. The number of halogens is 2. The highest BCUT2D eigenvalue weighted by Crippen LogP contribution is 2.25. The van der Waals surface area contributed by atoms with Gasteiger partial charge in [-0.1, -0.05) is 29.3 Å². The molecule has 0 aliphatic heterocycles. The van der Waals surface area contributed by atoms with Crippen molar-refractivity contribution in [2.75, 3.05) is 5.75 Å². The van der Waals surface area contributed by atoms with Gasteiger partial charge in [0.25, 0.3) is 0 Å². The van der Waals surface area contributed by atoms with Gasteiger partial charge in [0.05, 0.1) is 6.10 Å². The molecule has 2 atom stereocenters. The van der Waals surface area contributed by atoms with Gasteiger partial charge in [0.1, 0.15) is 16.4 Å². The van der Waals surface area contributed by atoms with Gasteiger partial charge >= 0.3 is 0 Å². The number of hydrogen-bond donors (Lipinski definition) is 3. The van der Waals surface area contributed by atoms with Crippen LogP contribution in [0.3, 0.4) is 0 Å². The fourth-order valence-electron chi connectivity index (χ4n) is 0.951. The zero-order chi connectivity index (χ0) is 10.7. The molecule has 1 aromatic rings. The Morgan fingerprint density at radius 3 is 2.50 bits per heavy atom. The van der Waals surface area contributed by atoms with Crippen LogP contribution in [0.4, 0.5) is 0 Å². The Hall–Kier alpha value is -0.0000000000000000555. The maximum absolute atomic E-state index is 9.59. The highest BCUT2D eigenvalue weighted by molar-refractivity contribution is 7.80. The van der Waals surface area contributed by atoms with E-state index in [1.54, 1.807) is 0 Å². The van der Waals surface area contributed by atoms with Crippen molar-refractivity contribution in [3.8, 4) is 0 Å². The first-order valence-electron chi connectivity index (χ1n) is 3.85. The number of hydrogen-bond acceptors (Lipinski definition) is 4. The molecule has 1 heterocycles. The van der Waals surface area contributed by atoms with Crippen LogP contribution >= 0.6 is 35.8 Å². The minimum absolute atomic E-state index is 0.0887. The molecule has 0 aromatic carbocycles. The average molecular weight is 254 g/mol. The summed E-state index contributed by atoms with van der Waals surface area (Å²) in [5.74, 6) is 0.139. The highest BCUT2D eigenvalue weighted by Gasteiger charge is 2.20. The number of aliphatic hydroxyl groups is 2. The summed E-state index contributed by atoms with van der Waals surface area (Å²) >= 11 is 15.2. The number of nitrogens with zero attached hydrogens (tertiary/aromatic N) is 1. The van der Waals surface area contributed by atoms with Crippen molar-refractivity contribution in [3.63, 3.8) is 0 Å². The second kappa shape index (κ2) is 5.19. The van der Waals surface area contributed by atoms with Crippen LogP contribution in [0.2, 0.25) is 10.3 Å². The molecule has 6 heteroatoms. The van der Waals surface area contributed by atoms with E-state index in [-0.39, 0.29) is 16.1 Å². The third kappa shape index (κ3) is 2.74. The summed E-state index contributed by atoms with van der Waals surface area (Å²) in [7, 11) is 0. The summed E-state index contributed by atoms with van der Waals surface area (Å²) in [6.07, 6.45) is -2.07. The molecule has 2 unspecified atom stereocenters. The Balaban J connectivity index is 2.95. The Morgan fingerprint density at radius 2 is 2.00 bits per heavy atom. The van der Waals surface area contributed by atoms with Crippen molar-refractivity contribution in [2.45, 2.75) is 12.2 Å². The maximum Gasteiger partial charge on any atom is 0.136 e. The first kappa shape index (κ1) is 12.1. The van der Waals surface area contributed by atoms with E-state index in [2.05, 4.69) is 17.6 Å². The minimum Gasteiger partial charge on any atom is -0.389 e. The first-order chi connectivity index (χ1) is 6.56. The van der Waals surface area contributed by atoms with Crippen molar-refractivity contribution < 1.29 is 10.2 Å². The van der Waals surface area contributed by atoms with Crippen molar-refractivity contribution in [2.24, 2.45) is 0 Å². The predicted molar refractivity (Wildman–Crippen MR) is 59.1 cm³/mol. The van der Waals surface area contributed by atoms with Gasteiger partial charge < -0.3 is 10.2 Å². The lowest BCUT2D eigenvalue weighted by Crippen LogP contribution is -2.20. The van der Waals surface area contributed by atoms with Crippen LogP contribution < -0.4 is 0 Å². The summed E-state index contributed by atoms with van der Waals surface area (Å²) in [5.41, 5.74) is 0.345. The maximum atomic E-state index is 9.59. The Morgan fingerprint density at radius 1 is 1.36 bits per heavy atom. The SMILES string of the molecule is OC(CS)C(O)c1ccc(Cl)nc1Cl. The third-order valence-corrected chi connectivity index (χ3v) is 2.60. The van der Waals surface area contributed by atoms with E-state index in [4.69, 9.17) is 23.2 Å². The van der Waals surface area contributed by atoms with Gasteiger partial charge in [-0.15, -0.1) is 0 Å². The van der Waals surface area contributed by atoms with Crippen LogP contribution in [0.1, 0.15) is 11.7 Å². The molecule has 78 valence electrons. The Kier molecular flexibility index (Phi) is 4.47. The number of aromatic nitrogens is 1. The molecule has 0 spiro atoms. The van der Waals surface area contributed by atoms with Gasteiger partial charge in [0.2, 0.25) is 0 Å². The van der Waals surface area contributed by atoms with Crippen LogP contribution in [0.5, 0.6) is 0 Å². The van der Waals surface area contributed by atoms with Crippen molar-refractivity contribution in [1.82, 2.24) is 4.98 Å². The molecule has 1 aromatic heterocycles. The topological polar surface area (TPSA) is 53.4 Å². The van der Waals surface area contributed by atoms with Crippen molar-refractivity contribution >= 4 is 35.8 Å². The van der Waals surface area contributed by atoms with E-state index >= 15 is 0 Å². The smallest absolute Gasteiger partial charge is 0.136 e. The fourth-order valence-corrected chi connectivity index (χ4v) is 1.61. The van der Waals surface area contributed by atoms with Crippen molar-refractivity contribution in [1.29, 1.82) is 0 Å². The van der Waals surface area contributed by atoms with Gasteiger partial charge in [-0.25, -0.2) is 4.98 Å². The lowest BCUT2D eigenvalue weighted by molar-refractivity contribution is 0.0336. The average Bonchev–Trinajstić information content (AvgIpc) is 2.15. The Labute approximate surface area is 97.1 Å². The quantitative estimate of drug-likeness (QED) is 0.568. The number of pyridine rings is 1. The third-order valence-electron chi connectivity index (χ3n) is 1.71.